The predicted molar refractivity (Wildman–Crippen MR) is 178 cm³/mol. The molecule has 0 aromatic heterocycles. The van der Waals surface area contributed by atoms with Crippen LogP contribution in [0.3, 0.4) is 0 Å². The Hall–Kier alpha value is -2.20. The molecule has 254 valence electrons. The van der Waals surface area contributed by atoms with Gasteiger partial charge in [-0.3, -0.25) is 9.69 Å². The van der Waals surface area contributed by atoms with Crippen molar-refractivity contribution in [1.82, 2.24) is 15.1 Å². The Morgan fingerprint density at radius 3 is 2.23 bits per heavy atom. The molecule has 1 aliphatic rings. The molecule has 0 spiro atoms. The number of nitrogens with one attached hydrogen (secondary N) is 1. The number of likely N-dealkylation sites (tertiary alicyclic amines) is 1. The van der Waals surface area contributed by atoms with Gasteiger partial charge in [-0.1, -0.05) is 80.2 Å². The van der Waals surface area contributed by atoms with E-state index in [0.717, 1.165) is 37.0 Å². The summed E-state index contributed by atoms with van der Waals surface area (Å²) < 4.78 is 12.0. The summed E-state index contributed by atoms with van der Waals surface area (Å²) in [6.45, 7) is 23.6. The second-order valence-corrected chi connectivity index (χ2v) is 12.9. The van der Waals surface area contributed by atoms with E-state index in [1.165, 1.54) is 0 Å². The molecule has 1 amide bonds. The molecule has 9 atom stereocenters. The highest BCUT2D eigenvalue weighted by atomic mass is 16.5. The lowest BCUT2D eigenvalue weighted by atomic mass is 9.87. The fraction of sp³-hybridized carbons (Fsp3) is 0.771. The third-order valence-corrected chi connectivity index (χ3v) is 9.85. The minimum Gasteiger partial charge on any atom is -0.480 e. The van der Waals surface area contributed by atoms with Gasteiger partial charge < -0.3 is 29.9 Å². The van der Waals surface area contributed by atoms with Gasteiger partial charge in [-0.15, -0.1) is 0 Å². The minimum atomic E-state index is -1.10. The standard InChI is InChI=1S/C35H63N3O6/c1-13-17-27(15-3)20-28(35(41)42)36-34(40)25(8)33(44-12)29-18-16-19-38(29)31(39)21-30(43-11)32(23(6)14-2)37(10)26(9)24(7)22(4)5/h15,17,22-25,28-33,39H,3,9,13-14,16,18-21H2,1-2,4-8,10-12H3,(H,36,40)(H,41,42)/b27-17+. The van der Waals surface area contributed by atoms with Crippen molar-refractivity contribution in [2.45, 2.75) is 124 Å². The van der Waals surface area contributed by atoms with Crippen LogP contribution in [0.4, 0.5) is 0 Å². The number of rotatable bonds is 21. The molecule has 0 aliphatic carbocycles. The number of carboxylic acids is 1. The van der Waals surface area contributed by atoms with Crippen LogP contribution in [0, 0.1) is 23.7 Å². The van der Waals surface area contributed by atoms with Crippen LogP contribution in [0.25, 0.3) is 0 Å². The predicted octanol–water partition coefficient (Wildman–Crippen LogP) is 5.46. The number of aliphatic hydroxyl groups is 1. The third-order valence-electron chi connectivity index (χ3n) is 9.85. The molecule has 0 radical (unpaired) electrons. The summed E-state index contributed by atoms with van der Waals surface area (Å²) in [5, 5.41) is 24.2. The molecule has 3 N–H and O–H groups in total. The van der Waals surface area contributed by atoms with E-state index in [2.05, 4.69) is 65.0 Å². The molecular formula is C35H63N3O6. The molecule has 1 fully saturated rings. The number of aliphatic carboxylic acids is 1. The lowest BCUT2D eigenvalue weighted by molar-refractivity contribution is -0.144. The van der Waals surface area contributed by atoms with Crippen molar-refractivity contribution in [3.63, 3.8) is 0 Å². The Morgan fingerprint density at radius 2 is 1.75 bits per heavy atom. The van der Waals surface area contributed by atoms with Crippen LogP contribution in [-0.2, 0) is 19.1 Å². The number of allylic oxidation sites excluding steroid dienone is 3. The van der Waals surface area contributed by atoms with E-state index >= 15 is 0 Å². The Labute approximate surface area is 267 Å². The van der Waals surface area contributed by atoms with Crippen LogP contribution in [0.5, 0.6) is 0 Å². The van der Waals surface area contributed by atoms with Crippen LogP contribution in [-0.4, -0.2) is 96.3 Å². The number of hydrogen-bond acceptors (Lipinski definition) is 7. The quantitative estimate of drug-likeness (QED) is 0.145. The first kappa shape index (κ1) is 39.8. The first-order valence-electron chi connectivity index (χ1n) is 16.5. The fourth-order valence-electron chi connectivity index (χ4n) is 6.49. The number of aliphatic hydroxyl groups excluding tert-OH is 1. The van der Waals surface area contributed by atoms with Crippen molar-refractivity contribution in [3.05, 3.63) is 36.6 Å². The van der Waals surface area contributed by atoms with Gasteiger partial charge >= 0.3 is 5.97 Å². The molecule has 0 aromatic rings. The van der Waals surface area contributed by atoms with Gasteiger partial charge in [0, 0.05) is 52.4 Å². The number of amides is 1. The smallest absolute Gasteiger partial charge is 0.326 e. The van der Waals surface area contributed by atoms with E-state index < -0.39 is 36.2 Å². The minimum absolute atomic E-state index is 0.0208. The van der Waals surface area contributed by atoms with Crippen molar-refractivity contribution in [2.75, 3.05) is 27.8 Å². The summed E-state index contributed by atoms with van der Waals surface area (Å²) in [6, 6.07) is -1.27. The molecular weight excluding hydrogens is 558 g/mol. The highest BCUT2D eigenvalue weighted by Gasteiger charge is 2.42. The van der Waals surface area contributed by atoms with Gasteiger partial charge in [-0.2, -0.15) is 0 Å². The first-order chi connectivity index (χ1) is 20.7. The number of carbonyl (C=O) groups is 2. The molecule has 9 nitrogen and oxygen atoms in total. The summed E-state index contributed by atoms with van der Waals surface area (Å²) in [7, 11) is 5.35. The lowest BCUT2D eigenvalue weighted by Crippen LogP contribution is -2.54. The Kier molecular flexibility index (Phi) is 17.5. The fourth-order valence-corrected chi connectivity index (χ4v) is 6.49. The zero-order valence-corrected chi connectivity index (χ0v) is 29.2. The van der Waals surface area contributed by atoms with Gasteiger partial charge in [-0.05, 0) is 42.6 Å². The van der Waals surface area contributed by atoms with E-state index in [-0.39, 0.29) is 24.6 Å². The summed E-state index contributed by atoms with van der Waals surface area (Å²) in [5.74, 6) is -1.07. The molecule has 0 aromatic carbocycles. The maximum atomic E-state index is 13.4. The largest absolute Gasteiger partial charge is 0.480 e. The van der Waals surface area contributed by atoms with E-state index in [0.29, 0.717) is 30.7 Å². The highest BCUT2D eigenvalue weighted by Crippen LogP contribution is 2.33. The van der Waals surface area contributed by atoms with E-state index in [4.69, 9.17) is 9.47 Å². The second-order valence-electron chi connectivity index (χ2n) is 12.9. The number of likely N-dealkylation sites (N-methyl/N-ethyl adjacent to an activating group) is 1. The number of nitrogens with zero attached hydrogens (tertiary/aromatic N) is 2. The summed E-state index contributed by atoms with van der Waals surface area (Å²) in [4.78, 5) is 29.6. The zero-order chi connectivity index (χ0) is 33.7. The Morgan fingerprint density at radius 1 is 1.11 bits per heavy atom. The Balaban J connectivity index is 3.15. The van der Waals surface area contributed by atoms with Gasteiger partial charge in [0.25, 0.3) is 0 Å². The van der Waals surface area contributed by atoms with Crippen molar-refractivity contribution < 1.29 is 29.3 Å². The van der Waals surface area contributed by atoms with Gasteiger partial charge in [-0.25, -0.2) is 4.79 Å². The van der Waals surface area contributed by atoms with Gasteiger partial charge in [0.2, 0.25) is 5.91 Å². The maximum absolute atomic E-state index is 13.4. The third kappa shape index (κ3) is 10.7. The molecule has 1 heterocycles. The second kappa shape index (κ2) is 19.3. The molecule has 0 bridgehead atoms. The SMILES string of the molecule is C=C/C(=C\CC)CC(NC(=O)C(C)C(OC)C1CCCN1C(O)CC(OC)C(C(C)CC)N(C)C(=C)C(C)C(C)C)C(=O)O. The molecule has 1 aliphatic heterocycles. The topological polar surface area (TPSA) is 112 Å². The van der Waals surface area contributed by atoms with Crippen LogP contribution in [0.2, 0.25) is 0 Å². The number of hydrogen-bond donors (Lipinski definition) is 3. The highest BCUT2D eigenvalue weighted by molar-refractivity contribution is 5.85. The van der Waals surface area contributed by atoms with Crippen molar-refractivity contribution in [1.29, 1.82) is 0 Å². The van der Waals surface area contributed by atoms with E-state index in [1.807, 2.05) is 17.9 Å². The summed E-state index contributed by atoms with van der Waals surface area (Å²) >= 11 is 0. The molecule has 9 heteroatoms. The van der Waals surface area contributed by atoms with Gasteiger partial charge in [0.15, 0.2) is 0 Å². The van der Waals surface area contributed by atoms with Gasteiger partial charge in [0.1, 0.15) is 12.3 Å². The average Bonchev–Trinajstić information content (AvgIpc) is 3.48. The van der Waals surface area contributed by atoms with Crippen molar-refractivity contribution >= 4 is 11.9 Å². The van der Waals surface area contributed by atoms with Gasteiger partial charge in [0.05, 0.1) is 24.2 Å². The molecule has 0 saturated carbocycles. The van der Waals surface area contributed by atoms with Crippen LogP contribution < -0.4 is 5.32 Å². The normalized spacial score (nSPS) is 21.5. The number of carbonyl (C=O) groups excluding carboxylic acids is 1. The molecule has 44 heavy (non-hydrogen) atoms. The maximum Gasteiger partial charge on any atom is 0.326 e. The monoisotopic (exact) mass is 621 g/mol. The lowest BCUT2D eigenvalue weighted by Gasteiger charge is -2.44. The van der Waals surface area contributed by atoms with Crippen LogP contribution in [0.1, 0.15) is 87.0 Å². The van der Waals surface area contributed by atoms with E-state index in [9.17, 15) is 19.8 Å². The summed E-state index contributed by atoms with van der Waals surface area (Å²) in [5.41, 5.74) is 1.84. The first-order valence-corrected chi connectivity index (χ1v) is 16.5. The molecule has 1 saturated heterocycles. The zero-order valence-electron chi connectivity index (χ0n) is 29.2. The summed E-state index contributed by atoms with van der Waals surface area (Å²) in [6.07, 6.45) is 5.80. The molecule has 1 rings (SSSR count). The van der Waals surface area contributed by atoms with Crippen LogP contribution in [0.15, 0.2) is 36.6 Å². The number of methoxy groups -OCH3 is 2. The molecule has 9 unspecified atom stereocenters. The van der Waals surface area contributed by atoms with Crippen molar-refractivity contribution in [2.24, 2.45) is 23.7 Å². The van der Waals surface area contributed by atoms with Crippen molar-refractivity contribution in [3.8, 4) is 0 Å². The van der Waals surface area contributed by atoms with Crippen LogP contribution >= 0.6 is 0 Å². The van der Waals surface area contributed by atoms with E-state index in [1.54, 1.807) is 27.2 Å². The Bertz CT molecular complexity index is 953. The number of ether oxygens (including phenoxy) is 2. The number of carboxylic acid groups (broad SMARTS) is 1. The average molecular weight is 622 g/mol.